The van der Waals surface area contributed by atoms with Crippen LogP contribution in [0.25, 0.3) is 10.7 Å². The van der Waals surface area contributed by atoms with Crippen molar-refractivity contribution in [2.24, 2.45) is 0 Å². The fraction of sp³-hybridized carbons (Fsp3) is 0.429. The lowest BCUT2D eigenvalue weighted by Gasteiger charge is -2.14. The molecular weight excluding hydrogens is 390 g/mol. The highest BCUT2D eigenvalue weighted by atomic mass is 32.2. The number of aryl methyl sites for hydroxylation is 1. The lowest BCUT2D eigenvalue weighted by molar-refractivity contribution is 0.0953. The molecule has 5 nitrogen and oxygen atoms in total. The summed E-state index contributed by atoms with van der Waals surface area (Å²) in [6.45, 7) is 4.45. The van der Waals surface area contributed by atoms with Gasteiger partial charge in [0.2, 0.25) is 0 Å². The monoisotopic (exact) mass is 415 g/mol. The number of ether oxygens (including phenoxy) is 2. The molecule has 4 rings (SSSR count). The second-order valence-corrected chi connectivity index (χ2v) is 8.74. The minimum Gasteiger partial charge on any atom is -0.493 e. The molecule has 0 radical (unpaired) electrons. The van der Waals surface area contributed by atoms with E-state index in [1.165, 1.54) is 5.56 Å². The van der Waals surface area contributed by atoms with E-state index in [4.69, 9.17) is 9.47 Å². The van der Waals surface area contributed by atoms with Crippen LogP contribution in [0.3, 0.4) is 0 Å². The van der Waals surface area contributed by atoms with E-state index in [-0.39, 0.29) is 6.10 Å². The van der Waals surface area contributed by atoms with Crippen molar-refractivity contribution in [2.45, 2.75) is 44.0 Å². The molecule has 1 aromatic carbocycles. The van der Waals surface area contributed by atoms with Gasteiger partial charge in [-0.05, 0) is 48.4 Å². The van der Waals surface area contributed by atoms with Crippen LogP contribution in [0.5, 0.6) is 5.75 Å². The molecule has 0 bridgehead atoms. The van der Waals surface area contributed by atoms with Crippen LogP contribution in [0.2, 0.25) is 0 Å². The molecular formula is C21H25N3O2S2. The summed E-state index contributed by atoms with van der Waals surface area (Å²) < 4.78 is 14.0. The van der Waals surface area contributed by atoms with Crippen molar-refractivity contribution in [1.82, 2.24) is 14.8 Å². The largest absolute Gasteiger partial charge is 0.493 e. The number of aromatic nitrogens is 3. The van der Waals surface area contributed by atoms with Gasteiger partial charge in [-0.3, -0.25) is 4.57 Å². The summed E-state index contributed by atoms with van der Waals surface area (Å²) in [4.78, 5) is 1.14. The first kappa shape index (κ1) is 19.5. The normalized spacial score (nSPS) is 16.5. The highest BCUT2D eigenvalue weighted by Gasteiger charge is 2.22. The lowest BCUT2D eigenvalue weighted by atomic mass is 10.2. The molecule has 1 saturated heterocycles. The number of rotatable bonds is 9. The highest BCUT2D eigenvalue weighted by molar-refractivity contribution is 7.99. The average molecular weight is 416 g/mol. The molecule has 0 N–H and O–H groups in total. The van der Waals surface area contributed by atoms with Crippen LogP contribution in [0, 0.1) is 0 Å². The maximum atomic E-state index is 5.92. The van der Waals surface area contributed by atoms with Gasteiger partial charge in [0.25, 0.3) is 0 Å². The van der Waals surface area contributed by atoms with Gasteiger partial charge < -0.3 is 9.47 Å². The zero-order valence-corrected chi connectivity index (χ0v) is 17.7. The second-order valence-electron chi connectivity index (χ2n) is 6.73. The summed E-state index contributed by atoms with van der Waals surface area (Å²) in [5.74, 6) is 2.69. The molecule has 2 aromatic heterocycles. The van der Waals surface area contributed by atoms with Gasteiger partial charge in [-0.25, -0.2) is 0 Å². The van der Waals surface area contributed by atoms with E-state index < -0.39 is 0 Å². The Morgan fingerprint density at radius 1 is 1.29 bits per heavy atom. The van der Waals surface area contributed by atoms with Gasteiger partial charge in [0.05, 0.1) is 24.1 Å². The first-order valence-corrected chi connectivity index (χ1v) is 11.6. The molecule has 1 aliphatic rings. The number of benzene rings is 1. The topological polar surface area (TPSA) is 49.2 Å². The Bertz CT molecular complexity index is 874. The molecule has 148 valence electrons. The van der Waals surface area contributed by atoms with Crippen molar-refractivity contribution in [3.05, 3.63) is 47.3 Å². The Morgan fingerprint density at radius 2 is 2.25 bits per heavy atom. The summed E-state index contributed by atoms with van der Waals surface area (Å²) in [5, 5.41) is 11.9. The number of hydrogen-bond acceptors (Lipinski definition) is 6. The number of hydrogen-bond donors (Lipinski definition) is 0. The summed E-state index contributed by atoms with van der Waals surface area (Å²) in [6.07, 6.45) is 3.50. The number of thioether (sulfide) groups is 1. The molecule has 0 saturated carbocycles. The molecule has 7 heteroatoms. The van der Waals surface area contributed by atoms with Gasteiger partial charge in [-0.1, -0.05) is 36.9 Å². The van der Waals surface area contributed by atoms with Crippen molar-refractivity contribution < 1.29 is 9.47 Å². The zero-order valence-electron chi connectivity index (χ0n) is 16.0. The van der Waals surface area contributed by atoms with Gasteiger partial charge in [-0.2, -0.15) is 0 Å². The maximum Gasteiger partial charge on any atom is 0.191 e. The Hall–Kier alpha value is -1.83. The van der Waals surface area contributed by atoms with Crippen LogP contribution in [-0.4, -0.2) is 39.8 Å². The third-order valence-electron chi connectivity index (χ3n) is 4.76. The van der Waals surface area contributed by atoms with Crippen molar-refractivity contribution in [3.63, 3.8) is 0 Å². The molecule has 28 heavy (non-hydrogen) atoms. The third-order valence-corrected chi connectivity index (χ3v) is 6.56. The van der Waals surface area contributed by atoms with Crippen molar-refractivity contribution in [3.8, 4) is 16.5 Å². The van der Waals surface area contributed by atoms with Crippen LogP contribution in [0.4, 0.5) is 0 Å². The Morgan fingerprint density at radius 3 is 3.04 bits per heavy atom. The quantitative estimate of drug-likeness (QED) is 0.367. The first-order valence-electron chi connectivity index (χ1n) is 9.76. The number of thiophene rings is 1. The number of nitrogens with zero attached hydrogens (tertiary/aromatic N) is 3. The minimum atomic E-state index is 0.252. The third kappa shape index (κ3) is 4.77. The van der Waals surface area contributed by atoms with Gasteiger partial charge >= 0.3 is 0 Å². The van der Waals surface area contributed by atoms with Crippen LogP contribution < -0.4 is 4.74 Å². The molecule has 1 atom stereocenters. The summed E-state index contributed by atoms with van der Waals surface area (Å²) >= 11 is 3.38. The van der Waals surface area contributed by atoms with Gasteiger partial charge in [0.15, 0.2) is 11.0 Å². The predicted octanol–water partition coefficient (Wildman–Crippen LogP) is 4.92. The summed E-state index contributed by atoms with van der Waals surface area (Å²) in [5.41, 5.74) is 1.29. The molecule has 1 aliphatic heterocycles. The van der Waals surface area contributed by atoms with Crippen molar-refractivity contribution in [1.29, 1.82) is 0 Å². The zero-order chi connectivity index (χ0) is 19.2. The highest BCUT2D eigenvalue weighted by Crippen LogP contribution is 2.29. The van der Waals surface area contributed by atoms with E-state index in [1.54, 1.807) is 23.1 Å². The van der Waals surface area contributed by atoms with E-state index in [9.17, 15) is 0 Å². The fourth-order valence-electron chi connectivity index (χ4n) is 3.29. The maximum absolute atomic E-state index is 5.92. The molecule has 1 fully saturated rings. The van der Waals surface area contributed by atoms with Gasteiger partial charge in [-0.15, -0.1) is 21.5 Å². The van der Waals surface area contributed by atoms with E-state index in [0.717, 1.165) is 59.8 Å². The standard InChI is InChI=1S/C21H25N3O2S2/c1-2-16-6-3-7-17(14-16)26-11-13-28-21-23-22-20(19-9-5-12-27-19)24(21)15-18-8-4-10-25-18/h3,5-7,9,12,14,18H,2,4,8,10-11,13,15H2,1H3. The Kier molecular flexibility index (Phi) is 6.67. The van der Waals surface area contributed by atoms with Crippen molar-refractivity contribution in [2.75, 3.05) is 19.0 Å². The van der Waals surface area contributed by atoms with Crippen LogP contribution in [-0.2, 0) is 17.7 Å². The van der Waals surface area contributed by atoms with Crippen LogP contribution >= 0.6 is 23.1 Å². The second kappa shape index (κ2) is 9.58. The molecule has 0 spiro atoms. The minimum absolute atomic E-state index is 0.252. The Labute approximate surface area is 174 Å². The average Bonchev–Trinajstić information content (AvgIpc) is 3.48. The van der Waals surface area contributed by atoms with Crippen LogP contribution in [0.15, 0.2) is 46.9 Å². The molecule has 0 amide bonds. The van der Waals surface area contributed by atoms with E-state index >= 15 is 0 Å². The molecule has 0 aliphatic carbocycles. The summed E-state index contributed by atoms with van der Waals surface area (Å²) in [6, 6.07) is 12.4. The molecule has 3 heterocycles. The van der Waals surface area contributed by atoms with E-state index in [0.29, 0.717) is 6.61 Å². The Balaban J connectivity index is 1.40. The molecule has 1 unspecified atom stereocenters. The molecule has 3 aromatic rings. The SMILES string of the molecule is CCc1cccc(OCCSc2nnc(-c3cccs3)n2CC2CCCO2)c1. The van der Waals surface area contributed by atoms with Crippen molar-refractivity contribution >= 4 is 23.1 Å². The van der Waals surface area contributed by atoms with E-state index in [2.05, 4.69) is 51.3 Å². The predicted molar refractivity (Wildman–Crippen MR) is 114 cm³/mol. The fourth-order valence-corrected chi connectivity index (χ4v) is 4.77. The van der Waals surface area contributed by atoms with Gasteiger partial charge in [0, 0.05) is 12.4 Å². The van der Waals surface area contributed by atoms with Gasteiger partial charge in [0.1, 0.15) is 5.75 Å². The summed E-state index contributed by atoms with van der Waals surface area (Å²) in [7, 11) is 0. The first-order chi connectivity index (χ1) is 13.8. The van der Waals surface area contributed by atoms with E-state index in [1.807, 2.05) is 12.1 Å². The lowest BCUT2D eigenvalue weighted by Crippen LogP contribution is -2.16. The smallest absolute Gasteiger partial charge is 0.191 e. The van der Waals surface area contributed by atoms with Crippen LogP contribution in [0.1, 0.15) is 25.3 Å².